The van der Waals surface area contributed by atoms with Crippen molar-refractivity contribution in [3.63, 3.8) is 0 Å². The predicted molar refractivity (Wildman–Crippen MR) is 112 cm³/mol. The Balaban J connectivity index is 1.35. The molecule has 0 aliphatic carbocycles. The molecule has 148 valence electrons. The van der Waals surface area contributed by atoms with Gasteiger partial charge in [-0.25, -0.2) is 0 Å². The summed E-state index contributed by atoms with van der Waals surface area (Å²) in [5.74, 6) is 0.195. The van der Waals surface area contributed by atoms with Crippen LogP contribution in [0, 0.1) is 0 Å². The highest BCUT2D eigenvalue weighted by atomic mass is 32.2. The second-order valence-electron chi connectivity index (χ2n) is 8.25. The monoisotopic (exact) mass is 415 g/mol. The first-order valence-electron chi connectivity index (χ1n) is 10.0. The van der Waals surface area contributed by atoms with Crippen molar-refractivity contribution in [2.24, 2.45) is 0 Å². The second kappa shape index (κ2) is 7.17. The van der Waals surface area contributed by atoms with Crippen LogP contribution in [-0.4, -0.2) is 30.3 Å². The van der Waals surface area contributed by atoms with E-state index in [0.717, 1.165) is 36.9 Å². The molecule has 0 spiro atoms. The van der Waals surface area contributed by atoms with Gasteiger partial charge in [0.25, 0.3) is 0 Å². The van der Waals surface area contributed by atoms with Crippen LogP contribution in [0.3, 0.4) is 0 Å². The normalized spacial score (nSPS) is 29.6. The van der Waals surface area contributed by atoms with Gasteiger partial charge in [0.1, 0.15) is 0 Å². The van der Waals surface area contributed by atoms with Crippen molar-refractivity contribution in [2.45, 2.75) is 71.9 Å². The number of thiophene rings is 1. The van der Waals surface area contributed by atoms with E-state index in [2.05, 4.69) is 29.6 Å². The van der Waals surface area contributed by atoms with Gasteiger partial charge in [0, 0.05) is 36.9 Å². The molecule has 3 aliphatic rings. The molecule has 0 radical (unpaired) electrons. The van der Waals surface area contributed by atoms with E-state index in [1.807, 2.05) is 7.05 Å². The Kier molecular flexibility index (Phi) is 4.78. The number of carbonyl (C=O) groups is 1. The van der Waals surface area contributed by atoms with Crippen LogP contribution >= 0.6 is 23.1 Å². The third-order valence-corrected chi connectivity index (χ3v) is 8.35. The van der Waals surface area contributed by atoms with Gasteiger partial charge in [-0.2, -0.15) is 0 Å². The van der Waals surface area contributed by atoms with E-state index in [1.165, 1.54) is 14.7 Å². The van der Waals surface area contributed by atoms with Crippen LogP contribution in [0.5, 0.6) is 0 Å². The average Bonchev–Trinajstić information content (AvgIpc) is 3.25. The summed E-state index contributed by atoms with van der Waals surface area (Å²) >= 11 is 3.44. The fourth-order valence-electron chi connectivity index (χ4n) is 4.77. The van der Waals surface area contributed by atoms with E-state index >= 15 is 0 Å². The summed E-state index contributed by atoms with van der Waals surface area (Å²) in [6, 6.07) is 8.54. The number of aliphatic hydroxyl groups is 1. The molecule has 2 atom stereocenters. The lowest BCUT2D eigenvalue weighted by Gasteiger charge is -2.36. The minimum atomic E-state index is -0.740. The molecule has 0 saturated carbocycles. The smallest absolute Gasteiger partial charge is 0.226 e. The van der Waals surface area contributed by atoms with Crippen molar-refractivity contribution in [1.29, 1.82) is 0 Å². The molecule has 2 unspecified atom stereocenters. The number of fused-ring (bicyclic) bond motifs is 3. The van der Waals surface area contributed by atoms with Crippen LogP contribution in [-0.2, 0) is 21.6 Å². The first-order valence-corrected chi connectivity index (χ1v) is 11.7. The van der Waals surface area contributed by atoms with Crippen molar-refractivity contribution in [3.8, 4) is 0 Å². The summed E-state index contributed by atoms with van der Waals surface area (Å²) in [6.07, 6.45) is 6.46. The lowest BCUT2D eigenvalue weighted by molar-refractivity contribution is -0.118. The van der Waals surface area contributed by atoms with E-state index < -0.39 is 5.60 Å². The molecule has 5 rings (SSSR count). The standard InChI is InChI=1S/C22H25NO3S2/c1-23-19-8-7-18(9-14(19)3-2-4-20(23)24)28-21-10-15(13-27-21)22(25)11-16-5-6-17(12-22)26-16/h7-10,13,16-17,25H,2-6,11-12H2,1H3. The number of nitrogens with zero attached hydrogens (tertiary/aromatic N) is 1. The average molecular weight is 416 g/mol. The number of aryl methyl sites for hydroxylation is 1. The Morgan fingerprint density at radius 2 is 2.00 bits per heavy atom. The molecule has 2 fully saturated rings. The number of ether oxygens (including phenoxy) is 1. The minimum Gasteiger partial charge on any atom is -0.385 e. The summed E-state index contributed by atoms with van der Waals surface area (Å²) < 4.78 is 7.10. The van der Waals surface area contributed by atoms with Crippen LogP contribution in [0.2, 0.25) is 0 Å². The van der Waals surface area contributed by atoms with Crippen molar-refractivity contribution in [2.75, 3.05) is 11.9 Å². The number of hydrogen-bond acceptors (Lipinski definition) is 5. The lowest BCUT2D eigenvalue weighted by atomic mass is 9.85. The van der Waals surface area contributed by atoms with Crippen LogP contribution in [0.4, 0.5) is 5.69 Å². The first kappa shape index (κ1) is 18.7. The molecule has 6 heteroatoms. The molecule has 4 heterocycles. The fraction of sp³-hybridized carbons (Fsp3) is 0.500. The zero-order valence-corrected chi connectivity index (χ0v) is 17.7. The summed E-state index contributed by atoms with van der Waals surface area (Å²) in [7, 11) is 1.87. The Hall–Kier alpha value is -1.34. The molecule has 28 heavy (non-hydrogen) atoms. The van der Waals surface area contributed by atoms with Gasteiger partial charge < -0.3 is 14.7 Å². The fourth-order valence-corrected chi connectivity index (χ4v) is 6.87. The van der Waals surface area contributed by atoms with Crippen LogP contribution in [0.25, 0.3) is 0 Å². The maximum absolute atomic E-state index is 12.1. The van der Waals surface area contributed by atoms with Gasteiger partial charge >= 0.3 is 0 Å². The number of rotatable bonds is 3. The molecule has 2 aromatic rings. The molecule has 1 N–H and O–H groups in total. The van der Waals surface area contributed by atoms with Gasteiger partial charge in [-0.1, -0.05) is 11.8 Å². The molecular weight excluding hydrogens is 390 g/mol. The quantitative estimate of drug-likeness (QED) is 0.788. The van der Waals surface area contributed by atoms with Crippen molar-refractivity contribution in [3.05, 3.63) is 40.8 Å². The van der Waals surface area contributed by atoms with Gasteiger partial charge in [0.2, 0.25) is 5.91 Å². The SMILES string of the molecule is CN1C(=O)CCCc2cc(Sc3cc(C4(O)CC5CCC(C4)O5)cs3)ccc21. The van der Waals surface area contributed by atoms with Gasteiger partial charge in [-0.15, -0.1) is 11.3 Å². The van der Waals surface area contributed by atoms with Crippen molar-refractivity contribution < 1.29 is 14.6 Å². The molecule has 4 nitrogen and oxygen atoms in total. The van der Waals surface area contributed by atoms with Crippen LogP contribution in [0.1, 0.15) is 49.7 Å². The topological polar surface area (TPSA) is 49.8 Å². The lowest BCUT2D eigenvalue weighted by Crippen LogP contribution is -2.38. The van der Waals surface area contributed by atoms with E-state index in [1.54, 1.807) is 28.0 Å². The minimum absolute atomic E-state index is 0.195. The van der Waals surface area contributed by atoms with E-state index in [0.29, 0.717) is 19.3 Å². The molecule has 3 aliphatic heterocycles. The van der Waals surface area contributed by atoms with Gasteiger partial charge in [-0.3, -0.25) is 4.79 Å². The molecule has 1 amide bonds. The molecule has 1 aromatic carbocycles. The molecular formula is C22H25NO3S2. The highest BCUT2D eigenvalue weighted by Crippen LogP contribution is 2.46. The Bertz CT molecular complexity index is 897. The highest BCUT2D eigenvalue weighted by molar-refractivity contribution is 8.01. The van der Waals surface area contributed by atoms with Crippen LogP contribution < -0.4 is 4.90 Å². The number of benzene rings is 1. The first-order chi connectivity index (χ1) is 13.5. The predicted octanol–water partition coefficient (Wildman–Crippen LogP) is 4.73. The van der Waals surface area contributed by atoms with Gasteiger partial charge in [0.15, 0.2) is 0 Å². The number of anilines is 1. The Morgan fingerprint density at radius 3 is 2.79 bits per heavy atom. The highest BCUT2D eigenvalue weighted by Gasteiger charge is 2.45. The summed E-state index contributed by atoms with van der Waals surface area (Å²) in [6.45, 7) is 0. The van der Waals surface area contributed by atoms with Crippen molar-refractivity contribution in [1.82, 2.24) is 0 Å². The maximum atomic E-state index is 12.1. The third-order valence-electron chi connectivity index (χ3n) is 6.28. The molecule has 2 bridgehead atoms. The summed E-state index contributed by atoms with van der Waals surface area (Å²) in [4.78, 5) is 15.1. The third kappa shape index (κ3) is 3.41. The Morgan fingerprint density at radius 1 is 1.21 bits per heavy atom. The summed E-state index contributed by atoms with van der Waals surface area (Å²) in [5.41, 5.74) is 2.58. The van der Waals surface area contributed by atoms with E-state index in [4.69, 9.17) is 4.74 Å². The maximum Gasteiger partial charge on any atom is 0.226 e. The summed E-state index contributed by atoms with van der Waals surface area (Å²) in [5, 5.41) is 13.3. The van der Waals surface area contributed by atoms with Crippen molar-refractivity contribution >= 4 is 34.7 Å². The zero-order valence-electron chi connectivity index (χ0n) is 16.0. The largest absolute Gasteiger partial charge is 0.385 e. The van der Waals surface area contributed by atoms with Gasteiger partial charge in [0.05, 0.1) is 22.0 Å². The van der Waals surface area contributed by atoms with Crippen LogP contribution in [0.15, 0.2) is 38.8 Å². The number of amides is 1. The van der Waals surface area contributed by atoms with Gasteiger partial charge in [-0.05, 0) is 66.5 Å². The van der Waals surface area contributed by atoms with E-state index in [9.17, 15) is 9.90 Å². The van der Waals surface area contributed by atoms with E-state index in [-0.39, 0.29) is 18.1 Å². The number of carbonyl (C=O) groups excluding carboxylic acids is 1. The molecule has 1 aromatic heterocycles. The zero-order chi connectivity index (χ0) is 19.3. The Labute approximate surface area is 173 Å². The second-order valence-corrected chi connectivity index (χ2v) is 10.5. The number of hydrogen-bond donors (Lipinski definition) is 1. The molecule has 2 saturated heterocycles.